The van der Waals surface area contributed by atoms with Gasteiger partial charge in [0, 0.05) is 16.5 Å². The molecule has 5 rings (SSSR count). The minimum Gasteiger partial charge on any atom is -0.543 e. The van der Waals surface area contributed by atoms with Crippen LogP contribution in [0.3, 0.4) is 0 Å². The summed E-state index contributed by atoms with van der Waals surface area (Å²) in [5.74, 6) is 0.183. The number of esters is 1. The predicted octanol–water partition coefficient (Wildman–Crippen LogP) is 5.03. The van der Waals surface area contributed by atoms with Gasteiger partial charge in [-0.2, -0.15) is 0 Å². The molecule has 0 saturated heterocycles. The Balaban J connectivity index is 1.68. The van der Waals surface area contributed by atoms with Gasteiger partial charge in [-0.3, -0.25) is 4.79 Å². The summed E-state index contributed by atoms with van der Waals surface area (Å²) < 4.78 is 13.5. The molecule has 2 aromatic heterocycles. The molecule has 36 heavy (non-hydrogen) atoms. The number of cyclic esters (lactones) is 1. The predicted molar refractivity (Wildman–Crippen MR) is 142 cm³/mol. The molecule has 0 fully saturated rings. The fourth-order valence-corrected chi connectivity index (χ4v) is 8.38. The average molecular weight is 507 g/mol. The van der Waals surface area contributed by atoms with Gasteiger partial charge in [0.2, 0.25) is 8.32 Å². The summed E-state index contributed by atoms with van der Waals surface area (Å²) in [5.41, 5.74) is 3.01. The Labute approximate surface area is 212 Å². The lowest BCUT2D eigenvalue weighted by Crippen LogP contribution is -2.44. The summed E-state index contributed by atoms with van der Waals surface area (Å²) >= 11 is 0. The Morgan fingerprint density at radius 3 is 2.44 bits per heavy atom. The van der Waals surface area contributed by atoms with Crippen molar-refractivity contribution < 1.29 is 19.1 Å². The molecule has 1 N–H and O–H groups in total. The van der Waals surface area contributed by atoms with E-state index in [1.807, 2.05) is 12.1 Å². The molecule has 1 atom stereocenters. The third-order valence-electron chi connectivity index (χ3n) is 8.40. The molecular weight excluding hydrogens is 472 g/mol. The van der Waals surface area contributed by atoms with Crippen LogP contribution in [0.25, 0.3) is 22.3 Å². The lowest BCUT2D eigenvalue weighted by molar-refractivity contribution is -0.172. The Morgan fingerprint density at radius 1 is 1.08 bits per heavy atom. The van der Waals surface area contributed by atoms with E-state index in [2.05, 4.69) is 33.8 Å². The number of fused-ring (bicyclic) bond motifs is 5. The van der Waals surface area contributed by atoms with E-state index >= 15 is 0 Å². The standard InChI is InChI=1S/C28H34N2O5Si/c1-6-18-19-13-17(35-36(8-3,9-4)10-5)11-12-23(19)29-25-20(18)15-30-24(25)14-22-21(26(30)31)16-34-27(32)28(22,33)7-2/h11-14,33H,6-10,15-16H2,1-5H3/t28-/m0/s1. The van der Waals surface area contributed by atoms with Crippen LogP contribution < -0.4 is 9.99 Å². The van der Waals surface area contributed by atoms with E-state index in [0.717, 1.165) is 58.0 Å². The monoisotopic (exact) mass is 506 g/mol. The van der Waals surface area contributed by atoms with Crippen LogP contribution in [0.5, 0.6) is 5.75 Å². The van der Waals surface area contributed by atoms with Crippen molar-refractivity contribution in [2.45, 2.75) is 84.3 Å². The molecule has 0 saturated carbocycles. The van der Waals surface area contributed by atoms with Crippen LogP contribution in [-0.2, 0) is 34.7 Å². The van der Waals surface area contributed by atoms with E-state index in [-0.39, 0.29) is 18.6 Å². The maximum absolute atomic E-state index is 13.5. The largest absolute Gasteiger partial charge is 0.543 e. The van der Waals surface area contributed by atoms with Crippen molar-refractivity contribution in [1.29, 1.82) is 0 Å². The number of aromatic nitrogens is 2. The number of carbonyl (C=O) groups is 1. The first-order valence-electron chi connectivity index (χ1n) is 13.1. The molecule has 0 spiro atoms. The number of nitrogens with zero attached hydrogens (tertiary/aromatic N) is 2. The van der Waals surface area contributed by atoms with E-state index in [4.69, 9.17) is 14.1 Å². The number of benzene rings is 1. The highest BCUT2D eigenvalue weighted by atomic mass is 28.4. The molecule has 0 unspecified atom stereocenters. The smallest absolute Gasteiger partial charge is 0.343 e. The van der Waals surface area contributed by atoms with Gasteiger partial charge in [-0.1, -0.05) is 34.6 Å². The van der Waals surface area contributed by atoms with E-state index in [1.165, 1.54) is 0 Å². The summed E-state index contributed by atoms with van der Waals surface area (Å²) in [7, 11) is -1.82. The zero-order valence-corrected chi connectivity index (χ0v) is 22.7. The number of aryl methyl sites for hydroxylation is 1. The van der Waals surface area contributed by atoms with Crippen LogP contribution in [0.15, 0.2) is 29.1 Å². The molecule has 0 aliphatic carbocycles. The minimum absolute atomic E-state index is 0.124. The second-order valence-corrected chi connectivity index (χ2v) is 14.6. The second kappa shape index (κ2) is 8.85. The highest BCUT2D eigenvalue weighted by molar-refractivity contribution is 6.74. The van der Waals surface area contributed by atoms with Crippen molar-refractivity contribution in [3.8, 4) is 17.1 Å². The van der Waals surface area contributed by atoms with Crippen molar-refractivity contribution in [1.82, 2.24) is 9.55 Å². The highest BCUT2D eigenvalue weighted by Crippen LogP contribution is 2.41. The Hall–Kier alpha value is -2.97. The van der Waals surface area contributed by atoms with Crippen LogP contribution in [0, 0.1) is 0 Å². The Kier molecular flexibility index (Phi) is 6.07. The maximum Gasteiger partial charge on any atom is 0.343 e. The summed E-state index contributed by atoms with van der Waals surface area (Å²) in [4.78, 5) is 30.9. The van der Waals surface area contributed by atoms with Crippen molar-refractivity contribution >= 4 is 25.2 Å². The topological polar surface area (TPSA) is 90.6 Å². The van der Waals surface area contributed by atoms with Crippen molar-refractivity contribution in [3.63, 3.8) is 0 Å². The van der Waals surface area contributed by atoms with Crippen LogP contribution >= 0.6 is 0 Å². The summed E-state index contributed by atoms with van der Waals surface area (Å²) in [5, 5.41) is 12.2. The lowest BCUT2D eigenvalue weighted by atomic mass is 9.86. The molecular formula is C28H34N2O5Si. The van der Waals surface area contributed by atoms with Gasteiger partial charge in [0.1, 0.15) is 12.4 Å². The molecule has 7 nitrogen and oxygen atoms in total. The first kappa shape index (κ1) is 24.7. The van der Waals surface area contributed by atoms with Gasteiger partial charge >= 0.3 is 5.97 Å². The molecule has 0 amide bonds. The molecule has 4 heterocycles. The molecule has 3 aromatic rings. The van der Waals surface area contributed by atoms with E-state index in [0.29, 0.717) is 23.4 Å². The number of ether oxygens (including phenoxy) is 1. The maximum atomic E-state index is 13.5. The van der Waals surface area contributed by atoms with Crippen molar-refractivity contribution in [2.24, 2.45) is 0 Å². The van der Waals surface area contributed by atoms with E-state index < -0.39 is 19.9 Å². The minimum atomic E-state index is -1.82. The first-order chi connectivity index (χ1) is 17.3. The fraction of sp³-hybridized carbons (Fsp3) is 0.464. The van der Waals surface area contributed by atoms with Gasteiger partial charge in [-0.25, -0.2) is 9.78 Å². The molecule has 1 aromatic carbocycles. The van der Waals surface area contributed by atoms with Gasteiger partial charge in [0.15, 0.2) is 5.60 Å². The van der Waals surface area contributed by atoms with Crippen LogP contribution in [0.1, 0.15) is 63.3 Å². The third kappa shape index (κ3) is 3.45. The van der Waals surface area contributed by atoms with Crippen LogP contribution in [-0.4, -0.2) is 28.9 Å². The third-order valence-corrected chi connectivity index (χ3v) is 12.9. The van der Waals surface area contributed by atoms with Gasteiger partial charge in [-0.05, 0) is 60.8 Å². The van der Waals surface area contributed by atoms with Crippen LogP contribution in [0.2, 0.25) is 18.1 Å². The SMILES string of the molecule is CCc1c2c(nc3ccc(O[Si](CC)(CC)CC)cc13)-c1cc3c(c(=O)n1C2)COC(=O)[C@]3(O)CC. The Bertz CT molecular complexity index is 1430. The number of aliphatic hydroxyl groups is 1. The number of pyridine rings is 2. The zero-order valence-electron chi connectivity index (χ0n) is 21.7. The second-order valence-electron chi connectivity index (χ2n) is 9.90. The number of rotatable bonds is 7. The molecule has 0 bridgehead atoms. The van der Waals surface area contributed by atoms with Crippen LogP contribution in [0.4, 0.5) is 0 Å². The molecule has 2 aliphatic heterocycles. The summed E-state index contributed by atoms with van der Waals surface area (Å²) in [6.07, 6.45) is 0.909. The quantitative estimate of drug-likeness (QED) is 0.279. The van der Waals surface area contributed by atoms with Gasteiger partial charge in [0.05, 0.1) is 29.0 Å². The molecule has 190 valence electrons. The van der Waals surface area contributed by atoms with Gasteiger partial charge in [-0.15, -0.1) is 0 Å². The highest BCUT2D eigenvalue weighted by Gasteiger charge is 2.45. The van der Waals surface area contributed by atoms with E-state index in [1.54, 1.807) is 17.6 Å². The van der Waals surface area contributed by atoms with Gasteiger partial charge < -0.3 is 18.8 Å². The van der Waals surface area contributed by atoms with Gasteiger partial charge in [0.25, 0.3) is 5.56 Å². The van der Waals surface area contributed by atoms with Crippen molar-refractivity contribution in [3.05, 3.63) is 56.9 Å². The Morgan fingerprint density at radius 2 is 1.81 bits per heavy atom. The number of hydrogen-bond acceptors (Lipinski definition) is 6. The first-order valence-corrected chi connectivity index (χ1v) is 15.6. The van der Waals surface area contributed by atoms with E-state index in [9.17, 15) is 14.7 Å². The lowest BCUT2D eigenvalue weighted by Gasteiger charge is -2.31. The molecule has 8 heteroatoms. The molecule has 0 radical (unpaired) electrons. The number of carbonyl (C=O) groups excluding carboxylic acids is 1. The molecule has 2 aliphatic rings. The number of hydrogen-bond donors (Lipinski definition) is 1. The summed E-state index contributed by atoms with van der Waals surface area (Å²) in [6.45, 7) is 10.8. The summed E-state index contributed by atoms with van der Waals surface area (Å²) in [6, 6.07) is 11.1. The fourth-order valence-electron chi connectivity index (χ4n) is 5.82. The normalized spacial score (nSPS) is 18.6. The average Bonchev–Trinajstić information content (AvgIpc) is 3.27. The van der Waals surface area contributed by atoms with Crippen molar-refractivity contribution in [2.75, 3.05) is 0 Å². The zero-order chi connectivity index (χ0) is 25.8.